The number of fused-ring (bicyclic) bond motifs is 1. The molecule has 0 aliphatic carbocycles. The van der Waals surface area contributed by atoms with Crippen molar-refractivity contribution in [2.24, 2.45) is 0 Å². The number of carbonyl (C=O) groups is 2. The van der Waals surface area contributed by atoms with Crippen molar-refractivity contribution in [1.29, 1.82) is 0 Å². The number of hydrogen-bond acceptors (Lipinski definition) is 7. The van der Waals surface area contributed by atoms with Crippen LogP contribution in [-0.2, 0) is 17.6 Å². The van der Waals surface area contributed by atoms with Gasteiger partial charge in [-0.05, 0) is 73.3 Å². The van der Waals surface area contributed by atoms with Gasteiger partial charge in [0.25, 0.3) is 5.91 Å². The number of aromatic nitrogens is 3. The van der Waals surface area contributed by atoms with Gasteiger partial charge in [-0.25, -0.2) is 8.91 Å². The molecule has 0 aliphatic rings. The number of anilines is 2. The number of benzene rings is 3. The number of ketones is 1. The fourth-order valence-electron chi connectivity index (χ4n) is 4.76. The molecule has 0 unspecified atom stereocenters. The van der Waals surface area contributed by atoms with Crippen LogP contribution in [-0.4, -0.2) is 77.4 Å². The minimum atomic E-state index is -0.313. The van der Waals surface area contributed by atoms with E-state index in [0.29, 0.717) is 41.6 Å². The van der Waals surface area contributed by atoms with Crippen molar-refractivity contribution in [2.75, 3.05) is 46.7 Å². The lowest BCUT2D eigenvalue weighted by Crippen LogP contribution is -2.33. The molecule has 2 aromatic heterocycles. The topological polar surface area (TPSA) is 92.1 Å². The largest absolute Gasteiger partial charge is 0.495 e. The van der Waals surface area contributed by atoms with Crippen LogP contribution in [0.15, 0.2) is 85.1 Å². The van der Waals surface area contributed by atoms with Gasteiger partial charge in [0.15, 0.2) is 5.65 Å². The van der Waals surface area contributed by atoms with Crippen LogP contribution in [0.4, 0.5) is 16.0 Å². The SMILES string of the molecule is COc1cc(C(=O)N(C)CCN(C)C)ccc1Nc1nc2ccc(-c3ccc(CC(=O)Cc4ccc(F)cc4)cc3)cn2n1. The first-order chi connectivity index (χ1) is 21.2. The number of hydrogen-bond donors (Lipinski definition) is 1. The molecule has 1 amide bonds. The van der Waals surface area contributed by atoms with Crippen LogP contribution in [0.3, 0.4) is 0 Å². The number of nitrogens with zero attached hydrogens (tertiary/aromatic N) is 5. The highest BCUT2D eigenvalue weighted by molar-refractivity contribution is 5.95. The van der Waals surface area contributed by atoms with Gasteiger partial charge < -0.3 is 19.9 Å². The van der Waals surface area contributed by atoms with Crippen LogP contribution in [0.2, 0.25) is 0 Å². The summed E-state index contributed by atoms with van der Waals surface area (Å²) in [4.78, 5) is 33.7. The standard InChI is InChI=1S/C34H35FN6O3/c1-39(2)17-18-40(3)33(43)26-11-15-30(31(21-26)44-4)36-34-37-32-16-12-27(22-41(32)38-34)25-9-5-23(6-10-25)19-29(42)20-24-7-13-28(35)14-8-24/h5-16,21-22H,17-20H2,1-4H3,(H,36,38). The lowest BCUT2D eigenvalue weighted by Gasteiger charge is -2.20. The van der Waals surface area contributed by atoms with E-state index in [0.717, 1.165) is 28.8 Å². The molecule has 2 heterocycles. The first-order valence-corrected chi connectivity index (χ1v) is 14.3. The van der Waals surface area contributed by atoms with Gasteiger partial charge in [0, 0.05) is 50.3 Å². The van der Waals surface area contributed by atoms with E-state index in [1.807, 2.05) is 61.6 Å². The number of pyridine rings is 1. The molecule has 0 radical (unpaired) electrons. The number of nitrogens with one attached hydrogen (secondary N) is 1. The fraction of sp³-hybridized carbons (Fsp3) is 0.235. The number of likely N-dealkylation sites (N-methyl/N-ethyl adjacent to an activating group) is 2. The molecule has 5 rings (SSSR count). The molecule has 1 N–H and O–H groups in total. The van der Waals surface area contributed by atoms with E-state index < -0.39 is 0 Å². The van der Waals surface area contributed by atoms with E-state index in [9.17, 15) is 14.0 Å². The zero-order valence-electron chi connectivity index (χ0n) is 25.3. The van der Waals surface area contributed by atoms with E-state index >= 15 is 0 Å². The third kappa shape index (κ3) is 7.45. The Morgan fingerprint density at radius 2 is 1.52 bits per heavy atom. The summed E-state index contributed by atoms with van der Waals surface area (Å²) < 4.78 is 20.4. The molecule has 3 aromatic carbocycles. The average Bonchev–Trinajstić information content (AvgIpc) is 3.42. The van der Waals surface area contributed by atoms with Gasteiger partial charge in [0.2, 0.25) is 5.95 Å². The van der Waals surface area contributed by atoms with Crippen LogP contribution in [0, 0.1) is 5.82 Å². The van der Waals surface area contributed by atoms with E-state index in [4.69, 9.17) is 4.74 Å². The normalized spacial score (nSPS) is 11.1. The number of halogens is 1. The van der Waals surface area contributed by atoms with Gasteiger partial charge in [0.1, 0.15) is 17.3 Å². The molecule has 10 heteroatoms. The van der Waals surface area contributed by atoms with Gasteiger partial charge in [-0.3, -0.25) is 9.59 Å². The molecule has 5 aromatic rings. The first kappa shape index (κ1) is 30.4. The number of rotatable bonds is 12. The summed E-state index contributed by atoms with van der Waals surface area (Å²) in [6.07, 6.45) is 2.47. The lowest BCUT2D eigenvalue weighted by atomic mass is 10.0. The van der Waals surface area contributed by atoms with Crippen LogP contribution in [0.1, 0.15) is 21.5 Å². The summed E-state index contributed by atoms with van der Waals surface area (Å²) in [5, 5.41) is 7.79. The molecule has 0 fully saturated rings. The minimum absolute atomic E-state index is 0.0682. The van der Waals surface area contributed by atoms with Crippen molar-refractivity contribution < 1.29 is 18.7 Å². The van der Waals surface area contributed by atoms with Crippen LogP contribution < -0.4 is 10.1 Å². The summed E-state index contributed by atoms with van der Waals surface area (Å²) in [5.41, 5.74) is 5.46. The van der Waals surface area contributed by atoms with Gasteiger partial charge in [-0.2, -0.15) is 4.98 Å². The van der Waals surface area contributed by atoms with Crippen molar-refractivity contribution in [2.45, 2.75) is 12.8 Å². The highest BCUT2D eigenvalue weighted by atomic mass is 19.1. The van der Waals surface area contributed by atoms with Crippen LogP contribution in [0.25, 0.3) is 16.8 Å². The molecular weight excluding hydrogens is 559 g/mol. The highest BCUT2D eigenvalue weighted by Crippen LogP contribution is 2.29. The second-order valence-electron chi connectivity index (χ2n) is 10.9. The third-order valence-electron chi connectivity index (χ3n) is 7.26. The molecule has 0 saturated carbocycles. The number of amides is 1. The second kappa shape index (κ2) is 13.5. The van der Waals surface area contributed by atoms with Gasteiger partial charge in [-0.1, -0.05) is 36.4 Å². The molecule has 0 saturated heterocycles. The Labute approximate surface area is 255 Å². The number of carbonyl (C=O) groups excluding carboxylic acids is 2. The molecule has 0 atom stereocenters. The van der Waals surface area contributed by atoms with E-state index in [-0.39, 0.29) is 23.9 Å². The van der Waals surface area contributed by atoms with Crippen molar-refractivity contribution in [3.63, 3.8) is 0 Å². The Morgan fingerprint density at radius 1 is 0.864 bits per heavy atom. The predicted octanol–water partition coefficient (Wildman–Crippen LogP) is 5.28. The van der Waals surface area contributed by atoms with Crippen LogP contribution in [0.5, 0.6) is 5.75 Å². The van der Waals surface area contributed by atoms with Crippen LogP contribution >= 0.6 is 0 Å². The van der Waals surface area contributed by atoms with Gasteiger partial charge >= 0.3 is 0 Å². The molecule has 0 spiro atoms. The van der Waals surface area contributed by atoms with Crippen molar-refractivity contribution >= 4 is 29.0 Å². The van der Waals surface area contributed by atoms with Crippen molar-refractivity contribution in [1.82, 2.24) is 24.4 Å². The molecule has 44 heavy (non-hydrogen) atoms. The predicted molar refractivity (Wildman–Crippen MR) is 169 cm³/mol. The monoisotopic (exact) mass is 594 g/mol. The Balaban J connectivity index is 1.25. The summed E-state index contributed by atoms with van der Waals surface area (Å²) in [7, 11) is 7.28. The zero-order valence-corrected chi connectivity index (χ0v) is 25.3. The highest BCUT2D eigenvalue weighted by Gasteiger charge is 2.16. The fourth-order valence-corrected chi connectivity index (χ4v) is 4.76. The maximum absolute atomic E-state index is 13.1. The van der Waals surface area contributed by atoms with E-state index in [2.05, 4.69) is 15.4 Å². The molecule has 0 aliphatic heterocycles. The Bertz CT molecular complexity index is 1770. The molecular formula is C34H35FN6O3. The lowest BCUT2D eigenvalue weighted by molar-refractivity contribution is -0.117. The number of Topliss-reactive ketones (excluding diaryl/α,β-unsaturated/α-hetero) is 1. The smallest absolute Gasteiger partial charge is 0.253 e. The minimum Gasteiger partial charge on any atom is -0.495 e. The summed E-state index contributed by atoms with van der Waals surface area (Å²) in [5.74, 6) is 0.566. The van der Waals surface area contributed by atoms with Crippen molar-refractivity contribution in [3.8, 4) is 16.9 Å². The molecule has 9 nitrogen and oxygen atoms in total. The maximum atomic E-state index is 13.1. The zero-order chi connectivity index (χ0) is 31.2. The average molecular weight is 595 g/mol. The number of ether oxygens (including phenoxy) is 1. The summed E-state index contributed by atoms with van der Waals surface area (Å²) >= 11 is 0. The van der Waals surface area contributed by atoms with Gasteiger partial charge in [0.05, 0.1) is 12.8 Å². The second-order valence-corrected chi connectivity index (χ2v) is 10.9. The summed E-state index contributed by atoms with van der Waals surface area (Å²) in [6.45, 7) is 1.39. The molecule has 226 valence electrons. The van der Waals surface area contributed by atoms with E-state index in [1.54, 1.807) is 53.9 Å². The Hall–Kier alpha value is -5.09. The quantitative estimate of drug-likeness (QED) is 0.210. The van der Waals surface area contributed by atoms with E-state index in [1.165, 1.54) is 12.1 Å². The molecule has 0 bridgehead atoms. The number of methoxy groups -OCH3 is 1. The Morgan fingerprint density at radius 3 is 2.18 bits per heavy atom. The first-order valence-electron chi connectivity index (χ1n) is 14.3. The summed E-state index contributed by atoms with van der Waals surface area (Å²) in [6, 6.07) is 23.0. The van der Waals surface area contributed by atoms with Gasteiger partial charge in [-0.15, -0.1) is 5.10 Å². The van der Waals surface area contributed by atoms with Crippen molar-refractivity contribution in [3.05, 3.63) is 108 Å². The Kier molecular flexibility index (Phi) is 9.30. The maximum Gasteiger partial charge on any atom is 0.253 e. The third-order valence-corrected chi connectivity index (χ3v) is 7.26.